The Morgan fingerprint density at radius 1 is 1.12 bits per heavy atom. The molecule has 0 unspecified atom stereocenters. The number of rotatable bonds is 6. The van der Waals surface area contributed by atoms with Crippen molar-refractivity contribution in [2.75, 3.05) is 17.7 Å². The second-order valence-electron chi connectivity index (χ2n) is 7.59. The van der Waals surface area contributed by atoms with Gasteiger partial charge in [0.2, 0.25) is 0 Å². The summed E-state index contributed by atoms with van der Waals surface area (Å²) in [5.74, 6) is -0.427. The number of nitrogens with zero attached hydrogens (tertiary/aromatic N) is 2. The van der Waals surface area contributed by atoms with Crippen molar-refractivity contribution < 1.29 is 9.53 Å². The molecule has 0 aliphatic carbocycles. The van der Waals surface area contributed by atoms with E-state index in [0.717, 1.165) is 33.1 Å². The Balaban J connectivity index is 1.55. The number of methoxy groups -OCH3 is 1. The molecule has 2 aromatic carbocycles. The number of aromatic nitrogens is 2. The van der Waals surface area contributed by atoms with Crippen molar-refractivity contribution in [3.05, 3.63) is 88.2 Å². The van der Waals surface area contributed by atoms with E-state index in [1.807, 2.05) is 79.2 Å². The van der Waals surface area contributed by atoms with Gasteiger partial charge in [-0.05, 0) is 49.3 Å². The van der Waals surface area contributed by atoms with Crippen LogP contribution in [-0.2, 0) is 11.3 Å². The van der Waals surface area contributed by atoms with E-state index >= 15 is 0 Å². The fourth-order valence-electron chi connectivity index (χ4n) is 3.56. The first-order valence-corrected chi connectivity index (χ1v) is 12.1. The molecule has 0 saturated heterocycles. The van der Waals surface area contributed by atoms with Crippen LogP contribution in [0.3, 0.4) is 0 Å². The Labute approximate surface area is 212 Å². The third-order valence-corrected chi connectivity index (χ3v) is 6.99. The summed E-state index contributed by atoms with van der Waals surface area (Å²) >= 11 is 13.3. The van der Waals surface area contributed by atoms with Crippen LogP contribution in [0.25, 0.3) is 10.4 Å². The van der Waals surface area contributed by atoms with Gasteiger partial charge in [0.15, 0.2) is 5.11 Å². The van der Waals surface area contributed by atoms with Crippen LogP contribution in [0.1, 0.15) is 27.3 Å². The summed E-state index contributed by atoms with van der Waals surface area (Å²) in [7, 11) is 1.36. The molecule has 0 aliphatic rings. The molecule has 0 aliphatic heterocycles. The molecule has 4 aromatic rings. The number of halogens is 1. The van der Waals surface area contributed by atoms with E-state index in [1.54, 1.807) is 0 Å². The minimum atomic E-state index is -0.427. The van der Waals surface area contributed by atoms with E-state index in [0.29, 0.717) is 27.2 Å². The third kappa shape index (κ3) is 5.14. The molecule has 6 nitrogen and oxygen atoms in total. The van der Waals surface area contributed by atoms with Crippen molar-refractivity contribution in [1.82, 2.24) is 9.78 Å². The maximum absolute atomic E-state index is 12.4. The second-order valence-corrected chi connectivity index (χ2v) is 9.45. The Bertz CT molecular complexity index is 1350. The van der Waals surface area contributed by atoms with Gasteiger partial charge in [0, 0.05) is 9.90 Å². The van der Waals surface area contributed by atoms with E-state index in [-0.39, 0.29) is 0 Å². The van der Waals surface area contributed by atoms with Crippen molar-refractivity contribution in [1.29, 1.82) is 0 Å². The number of ether oxygens (including phenoxy) is 1. The lowest BCUT2D eigenvalue weighted by atomic mass is 10.1. The molecule has 174 valence electrons. The highest BCUT2D eigenvalue weighted by molar-refractivity contribution is 7.80. The molecule has 4 rings (SSSR count). The van der Waals surface area contributed by atoms with Gasteiger partial charge in [-0.2, -0.15) is 5.10 Å². The zero-order valence-electron chi connectivity index (χ0n) is 18.9. The smallest absolute Gasteiger partial charge is 0.340 e. The fraction of sp³-hybridized carbons (Fsp3) is 0.160. The number of esters is 1. The highest BCUT2D eigenvalue weighted by atomic mass is 35.5. The average molecular weight is 511 g/mol. The van der Waals surface area contributed by atoms with E-state index in [1.165, 1.54) is 18.4 Å². The van der Waals surface area contributed by atoms with Gasteiger partial charge in [-0.3, -0.25) is 4.68 Å². The summed E-state index contributed by atoms with van der Waals surface area (Å²) in [5.41, 5.74) is 4.96. The fourth-order valence-corrected chi connectivity index (χ4v) is 5.08. The summed E-state index contributed by atoms with van der Waals surface area (Å²) in [6, 6.07) is 19.4. The molecule has 2 aromatic heterocycles. The number of hydrogen-bond acceptors (Lipinski definition) is 5. The highest BCUT2D eigenvalue weighted by Gasteiger charge is 2.20. The van der Waals surface area contributed by atoms with Gasteiger partial charge in [0.25, 0.3) is 0 Å². The number of anilines is 2. The molecular weight excluding hydrogens is 488 g/mol. The van der Waals surface area contributed by atoms with Gasteiger partial charge in [-0.15, -0.1) is 11.3 Å². The number of nitrogens with one attached hydrogen (secondary N) is 2. The number of carbonyl (C=O) groups is 1. The van der Waals surface area contributed by atoms with Crippen LogP contribution >= 0.6 is 35.2 Å². The van der Waals surface area contributed by atoms with Crippen molar-refractivity contribution in [3.63, 3.8) is 0 Å². The Hall–Kier alpha value is -3.20. The van der Waals surface area contributed by atoms with Crippen molar-refractivity contribution >= 4 is 56.9 Å². The third-order valence-electron chi connectivity index (χ3n) is 5.32. The molecule has 0 saturated carbocycles. The zero-order valence-corrected chi connectivity index (χ0v) is 21.3. The van der Waals surface area contributed by atoms with Crippen LogP contribution in [-0.4, -0.2) is 28.0 Å². The Morgan fingerprint density at radius 2 is 1.82 bits per heavy atom. The molecule has 0 amide bonds. The van der Waals surface area contributed by atoms with Gasteiger partial charge in [0.1, 0.15) is 5.00 Å². The SMILES string of the molecule is COC(=O)c1cc(-c2ccccc2)sc1NC(=S)Nc1c(C)nn(Cc2ccccc2Cl)c1C. The summed E-state index contributed by atoms with van der Waals surface area (Å²) in [6.45, 7) is 4.44. The molecule has 2 N–H and O–H groups in total. The van der Waals surface area contributed by atoms with Gasteiger partial charge in [-0.1, -0.05) is 60.1 Å². The van der Waals surface area contributed by atoms with Crippen molar-refractivity contribution in [2.24, 2.45) is 0 Å². The molecule has 0 bridgehead atoms. The molecular formula is C25H23ClN4O2S2. The number of aryl methyl sites for hydroxylation is 1. The van der Waals surface area contributed by atoms with Crippen molar-refractivity contribution in [3.8, 4) is 10.4 Å². The molecule has 0 fully saturated rings. The molecule has 34 heavy (non-hydrogen) atoms. The topological polar surface area (TPSA) is 68.2 Å². The van der Waals surface area contributed by atoms with Crippen LogP contribution in [0.2, 0.25) is 5.02 Å². The molecule has 0 atom stereocenters. The first kappa shape index (κ1) is 23.9. The van der Waals surface area contributed by atoms with Crippen LogP contribution in [0, 0.1) is 13.8 Å². The Morgan fingerprint density at radius 3 is 2.53 bits per heavy atom. The summed E-state index contributed by atoms with van der Waals surface area (Å²) in [6.07, 6.45) is 0. The number of benzene rings is 2. The number of carbonyl (C=O) groups excluding carboxylic acids is 1. The molecule has 9 heteroatoms. The standard InChI is InChI=1S/C25H23ClN4O2S2/c1-15-22(16(2)30(29-15)14-18-11-7-8-12-20(18)26)27-25(33)28-23-19(24(31)32-3)13-21(34-23)17-9-5-4-6-10-17/h4-13H,14H2,1-3H3,(H2,27,28,33). The largest absolute Gasteiger partial charge is 0.465 e. The summed E-state index contributed by atoms with van der Waals surface area (Å²) in [5, 5.41) is 12.7. The normalized spacial score (nSPS) is 10.7. The van der Waals surface area contributed by atoms with Crippen LogP contribution < -0.4 is 10.6 Å². The van der Waals surface area contributed by atoms with Gasteiger partial charge in [0.05, 0.1) is 36.3 Å². The lowest BCUT2D eigenvalue weighted by molar-refractivity contribution is 0.0602. The first-order valence-electron chi connectivity index (χ1n) is 10.5. The molecule has 0 spiro atoms. The van der Waals surface area contributed by atoms with E-state index in [2.05, 4.69) is 15.7 Å². The number of thiocarbonyl (C=S) groups is 1. The first-order chi connectivity index (χ1) is 16.4. The van der Waals surface area contributed by atoms with E-state index in [4.69, 9.17) is 28.6 Å². The maximum Gasteiger partial charge on any atom is 0.340 e. The van der Waals surface area contributed by atoms with Gasteiger partial charge < -0.3 is 15.4 Å². The number of hydrogen-bond donors (Lipinski definition) is 2. The highest BCUT2D eigenvalue weighted by Crippen LogP contribution is 2.36. The second kappa shape index (κ2) is 10.4. The number of thiophene rings is 1. The predicted molar refractivity (Wildman–Crippen MR) is 143 cm³/mol. The maximum atomic E-state index is 12.4. The predicted octanol–water partition coefficient (Wildman–Crippen LogP) is 6.53. The summed E-state index contributed by atoms with van der Waals surface area (Å²) in [4.78, 5) is 13.3. The minimum Gasteiger partial charge on any atom is -0.465 e. The lowest BCUT2D eigenvalue weighted by Crippen LogP contribution is -2.20. The van der Waals surface area contributed by atoms with E-state index in [9.17, 15) is 4.79 Å². The molecule has 0 radical (unpaired) electrons. The van der Waals surface area contributed by atoms with Gasteiger partial charge in [-0.25, -0.2) is 4.79 Å². The quantitative estimate of drug-likeness (QED) is 0.227. The van der Waals surface area contributed by atoms with Crippen LogP contribution in [0.4, 0.5) is 10.7 Å². The van der Waals surface area contributed by atoms with Crippen LogP contribution in [0.5, 0.6) is 0 Å². The lowest BCUT2D eigenvalue weighted by Gasteiger charge is -2.11. The van der Waals surface area contributed by atoms with E-state index < -0.39 is 5.97 Å². The summed E-state index contributed by atoms with van der Waals surface area (Å²) < 4.78 is 6.86. The molecule has 2 heterocycles. The minimum absolute atomic E-state index is 0.357. The van der Waals surface area contributed by atoms with Gasteiger partial charge >= 0.3 is 5.97 Å². The average Bonchev–Trinajstić information content (AvgIpc) is 3.37. The van der Waals surface area contributed by atoms with Crippen LogP contribution in [0.15, 0.2) is 60.7 Å². The zero-order chi connectivity index (χ0) is 24.2. The monoisotopic (exact) mass is 510 g/mol. The van der Waals surface area contributed by atoms with Crippen molar-refractivity contribution in [2.45, 2.75) is 20.4 Å². The Kier molecular flexibility index (Phi) is 7.31.